The van der Waals surface area contributed by atoms with Crippen LogP contribution in [0.3, 0.4) is 0 Å². The molecule has 5 heteroatoms. The van der Waals surface area contributed by atoms with Crippen molar-refractivity contribution < 1.29 is 19.4 Å². The summed E-state index contributed by atoms with van der Waals surface area (Å²) in [6.07, 6.45) is 0.900. The van der Waals surface area contributed by atoms with E-state index in [4.69, 9.17) is 9.47 Å². The summed E-state index contributed by atoms with van der Waals surface area (Å²) in [4.78, 5) is 13.5. The van der Waals surface area contributed by atoms with Crippen molar-refractivity contribution in [1.82, 2.24) is 4.90 Å². The zero-order chi connectivity index (χ0) is 17.8. The molecule has 5 nitrogen and oxygen atoms in total. The molecule has 1 aliphatic heterocycles. The second-order valence-electron chi connectivity index (χ2n) is 6.32. The van der Waals surface area contributed by atoms with Crippen molar-refractivity contribution >= 4 is 5.97 Å². The smallest absolute Gasteiger partial charge is 0.304 e. The summed E-state index contributed by atoms with van der Waals surface area (Å²) in [5.74, 6) is 0.617. The molecule has 0 aromatic heterocycles. The van der Waals surface area contributed by atoms with Crippen LogP contribution in [-0.2, 0) is 24.3 Å². The first-order valence-corrected chi connectivity index (χ1v) is 8.34. The Morgan fingerprint density at radius 1 is 1.12 bits per heavy atom. The highest BCUT2D eigenvalue weighted by atomic mass is 16.5. The molecule has 0 radical (unpaired) electrons. The summed E-state index contributed by atoms with van der Waals surface area (Å²) in [6, 6.07) is 14.1. The summed E-state index contributed by atoms with van der Waals surface area (Å²) in [5, 5.41) is 9.28. The van der Waals surface area contributed by atoms with Crippen LogP contribution in [0.2, 0.25) is 0 Å². The Morgan fingerprint density at radius 3 is 2.52 bits per heavy atom. The number of methoxy groups -OCH3 is 2. The summed E-state index contributed by atoms with van der Waals surface area (Å²) in [5.41, 5.74) is 3.59. The minimum atomic E-state index is -0.762. The minimum Gasteiger partial charge on any atom is -0.493 e. The van der Waals surface area contributed by atoms with Gasteiger partial charge in [-0.2, -0.15) is 0 Å². The molecule has 0 fully saturated rings. The lowest BCUT2D eigenvalue weighted by Gasteiger charge is -2.36. The van der Waals surface area contributed by atoms with Crippen LogP contribution in [0.25, 0.3) is 0 Å². The van der Waals surface area contributed by atoms with E-state index in [0.717, 1.165) is 18.5 Å². The number of benzene rings is 2. The fraction of sp³-hybridized carbons (Fsp3) is 0.350. The van der Waals surface area contributed by atoms with E-state index in [2.05, 4.69) is 17.0 Å². The monoisotopic (exact) mass is 341 g/mol. The molecule has 3 rings (SSSR count). The van der Waals surface area contributed by atoms with Gasteiger partial charge in [-0.25, -0.2) is 0 Å². The molecule has 1 aliphatic rings. The average molecular weight is 341 g/mol. The van der Waals surface area contributed by atoms with Gasteiger partial charge in [-0.1, -0.05) is 30.3 Å². The molecule has 25 heavy (non-hydrogen) atoms. The largest absolute Gasteiger partial charge is 0.493 e. The molecule has 0 amide bonds. The highest BCUT2D eigenvalue weighted by Crippen LogP contribution is 2.31. The van der Waals surface area contributed by atoms with Crippen LogP contribution in [0.4, 0.5) is 0 Å². The summed E-state index contributed by atoms with van der Waals surface area (Å²) < 4.78 is 10.7. The average Bonchev–Trinajstić information content (AvgIpc) is 2.61. The van der Waals surface area contributed by atoms with Gasteiger partial charge in [0, 0.05) is 19.1 Å². The molecule has 0 unspecified atom stereocenters. The van der Waals surface area contributed by atoms with Gasteiger partial charge in [-0.15, -0.1) is 0 Å². The third kappa shape index (κ3) is 3.94. The topological polar surface area (TPSA) is 59.0 Å². The maximum atomic E-state index is 11.3. The maximum Gasteiger partial charge on any atom is 0.304 e. The Balaban J connectivity index is 1.84. The second kappa shape index (κ2) is 7.57. The molecular formula is C20H23NO4. The van der Waals surface area contributed by atoms with Crippen LogP contribution in [0, 0.1) is 0 Å². The minimum absolute atomic E-state index is 0.0134. The molecule has 2 aromatic carbocycles. The first-order valence-electron chi connectivity index (χ1n) is 8.34. The van der Waals surface area contributed by atoms with E-state index in [0.29, 0.717) is 18.0 Å². The summed E-state index contributed by atoms with van der Waals surface area (Å²) in [6.45, 7) is 1.43. The molecule has 2 aromatic rings. The summed E-state index contributed by atoms with van der Waals surface area (Å²) in [7, 11) is 3.23. The Morgan fingerprint density at radius 2 is 1.84 bits per heavy atom. The van der Waals surface area contributed by atoms with Crippen LogP contribution in [0.5, 0.6) is 11.5 Å². The molecule has 1 atom stereocenters. The van der Waals surface area contributed by atoms with E-state index in [9.17, 15) is 9.90 Å². The molecule has 1 heterocycles. The maximum absolute atomic E-state index is 11.3. The fourth-order valence-electron chi connectivity index (χ4n) is 3.44. The van der Waals surface area contributed by atoms with E-state index < -0.39 is 5.97 Å². The van der Waals surface area contributed by atoms with Crippen molar-refractivity contribution in [1.29, 1.82) is 0 Å². The third-order valence-corrected chi connectivity index (χ3v) is 4.71. The van der Waals surface area contributed by atoms with Gasteiger partial charge in [-0.05, 0) is 35.2 Å². The standard InChI is InChI=1S/C20H23NO4/c1-24-18-8-7-14(9-19(18)25-2)12-21-13-16-6-4-3-5-15(16)10-17(21)11-20(22)23/h3-9,17H,10-13H2,1-2H3,(H,22,23)/t17-/m0/s1. The number of carboxylic acids is 1. The molecule has 0 aliphatic carbocycles. The predicted octanol–water partition coefficient (Wildman–Crippen LogP) is 3.11. The van der Waals surface area contributed by atoms with Crippen LogP contribution in [0.15, 0.2) is 42.5 Å². The number of ether oxygens (including phenoxy) is 2. The molecular weight excluding hydrogens is 318 g/mol. The fourth-order valence-corrected chi connectivity index (χ4v) is 3.44. The van der Waals surface area contributed by atoms with E-state index in [-0.39, 0.29) is 12.5 Å². The number of rotatable bonds is 6. The van der Waals surface area contributed by atoms with Crippen LogP contribution < -0.4 is 9.47 Å². The highest BCUT2D eigenvalue weighted by Gasteiger charge is 2.28. The lowest BCUT2D eigenvalue weighted by Crippen LogP contribution is -2.41. The SMILES string of the molecule is COc1ccc(CN2Cc3ccccc3C[C@H]2CC(=O)O)cc1OC. The Bertz CT molecular complexity index is 759. The zero-order valence-electron chi connectivity index (χ0n) is 14.6. The van der Waals surface area contributed by atoms with Gasteiger partial charge in [-0.3, -0.25) is 9.69 Å². The predicted molar refractivity (Wildman–Crippen MR) is 95.0 cm³/mol. The van der Waals surface area contributed by atoms with E-state index >= 15 is 0 Å². The number of hydrogen-bond donors (Lipinski definition) is 1. The van der Waals surface area contributed by atoms with Crippen molar-refractivity contribution in [3.05, 3.63) is 59.2 Å². The van der Waals surface area contributed by atoms with Gasteiger partial charge in [0.15, 0.2) is 11.5 Å². The van der Waals surface area contributed by atoms with Gasteiger partial charge < -0.3 is 14.6 Å². The van der Waals surface area contributed by atoms with Gasteiger partial charge in [0.1, 0.15) is 0 Å². The van der Waals surface area contributed by atoms with Crippen LogP contribution >= 0.6 is 0 Å². The van der Waals surface area contributed by atoms with Crippen LogP contribution in [-0.4, -0.2) is 36.2 Å². The van der Waals surface area contributed by atoms with Crippen LogP contribution in [0.1, 0.15) is 23.1 Å². The number of fused-ring (bicyclic) bond motifs is 1. The molecule has 0 saturated heterocycles. The molecule has 0 spiro atoms. The van der Waals surface area contributed by atoms with Gasteiger partial charge in [0.2, 0.25) is 0 Å². The Labute approximate surface area is 147 Å². The van der Waals surface area contributed by atoms with Gasteiger partial charge >= 0.3 is 5.97 Å². The highest BCUT2D eigenvalue weighted by molar-refractivity contribution is 5.67. The Hall–Kier alpha value is -2.53. The van der Waals surface area contributed by atoms with E-state index in [1.54, 1.807) is 14.2 Å². The molecule has 0 saturated carbocycles. The van der Waals surface area contributed by atoms with Crippen molar-refractivity contribution in [2.45, 2.75) is 32.0 Å². The molecule has 1 N–H and O–H groups in total. The second-order valence-corrected chi connectivity index (χ2v) is 6.32. The molecule has 132 valence electrons. The summed E-state index contributed by atoms with van der Waals surface area (Å²) >= 11 is 0. The number of carboxylic acid groups (broad SMARTS) is 1. The van der Waals surface area contributed by atoms with E-state index in [1.807, 2.05) is 30.3 Å². The lowest BCUT2D eigenvalue weighted by molar-refractivity contribution is -0.138. The normalized spacial score (nSPS) is 17.0. The first-order chi connectivity index (χ1) is 12.1. The number of aliphatic carboxylic acids is 1. The number of carbonyl (C=O) groups is 1. The van der Waals surface area contributed by atoms with Gasteiger partial charge in [0.05, 0.1) is 20.6 Å². The van der Waals surface area contributed by atoms with Crippen molar-refractivity contribution in [2.24, 2.45) is 0 Å². The van der Waals surface area contributed by atoms with Crippen molar-refractivity contribution in [3.8, 4) is 11.5 Å². The lowest BCUT2D eigenvalue weighted by atomic mass is 9.92. The zero-order valence-corrected chi connectivity index (χ0v) is 14.6. The first kappa shape index (κ1) is 17.3. The number of nitrogens with zero attached hydrogens (tertiary/aromatic N) is 1. The Kier molecular flexibility index (Phi) is 5.24. The molecule has 0 bridgehead atoms. The van der Waals surface area contributed by atoms with Crippen molar-refractivity contribution in [3.63, 3.8) is 0 Å². The van der Waals surface area contributed by atoms with E-state index in [1.165, 1.54) is 11.1 Å². The van der Waals surface area contributed by atoms with Gasteiger partial charge in [0.25, 0.3) is 0 Å². The number of hydrogen-bond acceptors (Lipinski definition) is 4. The third-order valence-electron chi connectivity index (χ3n) is 4.71. The quantitative estimate of drug-likeness (QED) is 0.875. The van der Waals surface area contributed by atoms with Crippen molar-refractivity contribution in [2.75, 3.05) is 14.2 Å².